The van der Waals surface area contributed by atoms with E-state index in [4.69, 9.17) is 4.74 Å². The lowest BCUT2D eigenvalue weighted by atomic mass is 10.00. The van der Waals surface area contributed by atoms with Gasteiger partial charge in [-0.15, -0.1) is 0 Å². The van der Waals surface area contributed by atoms with Crippen LogP contribution in [0.5, 0.6) is 0 Å². The van der Waals surface area contributed by atoms with Crippen LogP contribution in [0, 0.1) is 5.92 Å². The number of carboxylic acids is 1. The fraction of sp³-hybridized carbons (Fsp3) is 0.550. The normalized spacial score (nSPS) is 17.4. The monoisotopic (exact) mass is 376 g/mol. The minimum Gasteiger partial charge on any atom is -0.480 e. The van der Waals surface area contributed by atoms with E-state index in [1.54, 1.807) is 0 Å². The predicted octanol–water partition coefficient (Wildman–Crippen LogP) is 2.79. The van der Waals surface area contributed by atoms with Crippen LogP contribution in [-0.4, -0.2) is 47.1 Å². The molecule has 0 aromatic heterocycles. The Labute approximate surface area is 159 Å². The van der Waals surface area contributed by atoms with Gasteiger partial charge in [0.05, 0.1) is 5.92 Å². The Bertz CT molecular complexity index is 635. The number of carbonyl (C=O) groups excluding carboxylic acids is 2. The van der Waals surface area contributed by atoms with Gasteiger partial charge in [0.15, 0.2) is 0 Å². The Morgan fingerprint density at radius 2 is 2.04 bits per heavy atom. The average molecular weight is 376 g/mol. The molecule has 7 nitrogen and oxygen atoms in total. The fourth-order valence-corrected chi connectivity index (χ4v) is 3.27. The molecule has 148 valence electrons. The van der Waals surface area contributed by atoms with Gasteiger partial charge < -0.3 is 20.1 Å². The Morgan fingerprint density at radius 1 is 1.30 bits per heavy atom. The molecule has 1 aromatic carbocycles. The molecule has 1 aromatic rings. The van der Waals surface area contributed by atoms with Gasteiger partial charge in [-0.3, -0.25) is 4.79 Å². The number of unbranched alkanes of at least 4 members (excludes halogenated alkanes) is 1. The average Bonchev–Trinajstić information content (AvgIpc) is 3.17. The first-order valence-corrected chi connectivity index (χ1v) is 9.50. The summed E-state index contributed by atoms with van der Waals surface area (Å²) in [7, 11) is 0. The second-order valence-corrected chi connectivity index (χ2v) is 6.81. The molecule has 0 saturated carbocycles. The quantitative estimate of drug-likeness (QED) is 0.691. The second kappa shape index (κ2) is 10.5. The van der Waals surface area contributed by atoms with Crippen molar-refractivity contribution in [3.8, 4) is 0 Å². The van der Waals surface area contributed by atoms with Gasteiger partial charge in [-0.05, 0) is 24.8 Å². The summed E-state index contributed by atoms with van der Waals surface area (Å²) >= 11 is 0. The van der Waals surface area contributed by atoms with Crippen LogP contribution < -0.4 is 5.32 Å². The maximum atomic E-state index is 12.8. The van der Waals surface area contributed by atoms with Crippen LogP contribution in [0.1, 0.15) is 44.6 Å². The molecule has 1 aliphatic heterocycles. The smallest absolute Gasteiger partial charge is 0.407 e. The van der Waals surface area contributed by atoms with Gasteiger partial charge in [-0.1, -0.05) is 50.1 Å². The van der Waals surface area contributed by atoms with Crippen molar-refractivity contribution in [2.24, 2.45) is 5.92 Å². The highest BCUT2D eigenvalue weighted by molar-refractivity contribution is 5.86. The van der Waals surface area contributed by atoms with Gasteiger partial charge >= 0.3 is 12.1 Å². The maximum absolute atomic E-state index is 12.8. The zero-order chi connectivity index (χ0) is 19.6. The van der Waals surface area contributed by atoms with Gasteiger partial charge in [0.25, 0.3) is 0 Å². The number of aliphatic carboxylic acids is 1. The van der Waals surface area contributed by atoms with Crippen molar-refractivity contribution in [3.05, 3.63) is 35.9 Å². The molecule has 0 spiro atoms. The minimum atomic E-state index is -0.967. The van der Waals surface area contributed by atoms with E-state index in [2.05, 4.69) is 5.32 Å². The molecule has 2 amide bonds. The zero-order valence-electron chi connectivity index (χ0n) is 15.7. The molecule has 7 heteroatoms. The van der Waals surface area contributed by atoms with Gasteiger partial charge in [0.1, 0.15) is 12.6 Å². The number of nitrogens with one attached hydrogen (secondary N) is 1. The number of rotatable bonds is 9. The third-order valence-corrected chi connectivity index (χ3v) is 4.78. The fourth-order valence-electron chi connectivity index (χ4n) is 3.27. The van der Waals surface area contributed by atoms with Crippen molar-refractivity contribution < 1.29 is 24.2 Å². The van der Waals surface area contributed by atoms with Crippen LogP contribution >= 0.6 is 0 Å². The lowest BCUT2D eigenvalue weighted by Crippen LogP contribution is -2.46. The van der Waals surface area contributed by atoms with E-state index in [1.807, 2.05) is 37.3 Å². The molecule has 2 unspecified atom stereocenters. The molecular weight excluding hydrogens is 348 g/mol. The van der Waals surface area contributed by atoms with E-state index in [0.29, 0.717) is 25.8 Å². The zero-order valence-corrected chi connectivity index (χ0v) is 15.7. The van der Waals surface area contributed by atoms with Crippen LogP contribution in [0.25, 0.3) is 0 Å². The summed E-state index contributed by atoms with van der Waals surface area (Å²) in [6, 6.07) is 8.58. The van der Waals surface area contributed by atoms with Crippen molar-refractivity contribution in [3.63, 3.8) is 0 Å². The third-order valence-electron chi connectivity index (χ3n) is 4.78. The summed E-state index contributed by atoms with van der Waals surface area (Å²) in [5.74, 6) is -1.60. The predicted molar refractivity (Wildman–Crippen MR) is 100 cm³/mol. The van der Waals surface area contributed by atoms with Crippen LogP contribution in [0.15, 0.2) is 30.3 Å². The number of benzene rings is 1. The van der Waals surface area contributed by atoms with E-state index in [-0.39, 0.29) is 19.1 Å². The summed E-state index contributed by atoms with van der Waals surface area (Å²) in [6.45, 7) is 2.79. The highest BCUT2D eigenvalue weighted by Crippen LogP contribution is 2.22. The van der Waals surface area contributed by atoms with Crippen molar-refractivity contribution >= 4 is 18.0 Å². The van der Waals surface area contributed by atoms with E-state index in [0.717, 1.165) is 18.4 Å². The van der Waals surface area contributed by atoms with Gasteiger partial charge in [0.2, 0.25) is 5.91 Å². The number of ether oxygens (including phenoxy) is 1. The Balaban J connectivity index is 1.88. The highest BCUT2D eigenvalue weighted by Gasteiger charge is 2.36. The van der Waals surface area contributed by atoms with Crippen molar-refractivity contribution in [2.45, 2.75) is 51.7 Å². The first-order valence-electron chi connectivity index (χ1n) is 9.50. The summed E-state index contributed by atoms with van der Waals surface area (Å²) in [5.41, 5.74) is 0.882. The van der Waals surface area contributed by atoms with Crippen molar-refractivity contribution in [2.75, 3.05) is 13.1 Å². The van der Waals surface area contributed by atoms with Crippen LogP contribution in [0.2, 0.25) is 0 Å². The Morgan fingerprint density at radius 3 is 2.70 bits per heavy atom. The molecule has 0 bridgehead atoms. The summed E-state index contributed by atoms with van der Waals surface area (Å²) in [4.78, 5) is 37.6. The number of likely N-dealkylation sites (tertiary alicyclic amines) is 1. The van der Waals surface area contributed by atoms with Crippen LogP contribution in [-0.2, 0) is 20.9 Å². The van der Waals surface area contributed by atoms with Crippen molar-refractivity contribution in [1.82, 2.24) is 10.2 Å². The lowest BCUT2D eigenvalue weighted by molar-refractivity contribution is -0.150. The molecular formula is C20H28N2O5. The summed E-state index contributed by atoms with van der Waals surface area (Å²) < 4.78 is 5.18. The minimum absolute atomic E-state index is 0.148. The SMILES string of the molecule is CCCCC(CNC(=O)OCc1ccccc1)C(=O)N1CCCC1C(=O)O. The largest absolute Gasteiger partial charge is 0.480 e. The highest BCUT2D eigenvalue weighted by atomic mass is 16.5. The number of nitrogens with zero attached hydrogens (tertiary/aromatic N) is 1. The molecule has 1 saturated heterocycles. The van der Waals surface area contributed by atoms with E-state index < -0.39 is 24.0 Å². The number of carboxylic acid groups (broad SMARTS) is 1. The second-order valence-electron chi connectivity index (χ2n) is 6.81. The molecule has 0 radical (unpaired) electrons. The first-order chi connectivity index (χ1) is 13.0. The number of alkyl carbamates (subject to hydrolysis) is 1. The van der Waals surface area contributed by atoms with E-state index >= 15 is 0 Å². The van der Waals surface area contributed by atoms with Gasteiger partial charge in [0, 0.05) is 13.1 Å². The number of hydrogen-bond donors (Lipinski definition) is 2. The molecule has 1 aliphatic rings. The molecule has 1 fully saturated rings. The lowest BCUT2D eigenvalue weighted by Gasteiger charge is -2.27. The Kier molecular flexibility index (Phi) is 8.10. The number of amides is 2. The molecule has 2 rings (SSSR count). The van der Waals surface area contributed by atoms with Gasteiger partial charge in [-0.25, -0.2) is 9.59 Å². The molecule has 27 heavy (non-hydrogen) atoms. The molecule has 1 heterocycles. The number of hydrogen-bond acceptors (Lipinski definition) is 4. The van der Waals surface area contributed by atoms with Crippen LogP contribution in [0.4, 0.5) is 4.79 Å². The third kappa shape index (κ3) is 6.27. The topological polar surface area (TPSA) is 95.9 Å². The van der Waals surface area contributed by atoms with Crippen molar-refractivity contribution in [1.29, 1.82) is 0 Å². The van der Waals surface area contributed by atoms with E-state index in [1.165, 1.54) is 4.90 Å². The summed E-state index contributed by atoms with van der Waals surface area (Å²) in [6.07, 6.45) is 2.96. The molecule has 0 aliphatic carbocycles. The Hall–Kier alpha value is -2.57. The molecule has 2 atom stereocenters. The van der Waals surface area contributed by atoms with Crippen LogP contribution in [0.3, 0.4) is 0 Å². The van der Waals surface area contributed by atoms with Gasteiger partial charge in [-0.2, -0.15) is 0 Å². The maximum Gasteiger partial charge on any atom is 0.407 e. The first kappa shape index (κ1) is 20.7. The molecule has 2 N–H and O–H groups in total. The van der Waals surface area contributed by atoms with E-state index in [9.17, 15) is 19.5 Å². The summed E-state index contributed by atoms with van der Waals surface area (Å²) in [5, 5.41) is 12.0. The standard InChI is InChI=1S/C20H28N2O5/c1-2-3-10-16(18(23)22-12-7-11-17(22)19(24)25)13-21-20(26)27-14-15-8-5-4-6-9-15/h4-6,8-9,16-17H,2-3,7,10-14H2,1H3,(H,21,26)(H,24,25). The number of carbonyl (C=O) groups is 3.